The lowest BCUT2D eigenvalue weighted by molar-refractivity contribution is -0.135. The Morgan fingerprint density at radius 3 is 2.67 bits per heavy atom. The third kappa shape index (κ3) is 4.29. The fourth-order valence-electron chi connectivity index (χ4n) is 3.70. The largest absolute Gasteiger partial charge is 0.497 e. The molecule has 1 aromatic heterocycles. The third-order valence-electron chi connectivity index (χ3n) is 5.24. The Bertz CT molecular complexity index is 1470. The maximum absolute atomic E-state index is 14.9. The van der Waals surface area contributed by atoms with Crippen LogP contribution in [0.15, 0.2) is 69.5 Å². The van der Waals surface area contributed by atoms with Crippen molar-refractivity contribution in [2.45, 2.75) is 29.2 Å². The molecular weight excluding hydrogens is 449 g/mol. The van der Waals surface area contributed by atoms with E-state index in [0.717, 1.165) is 12.3 Å². The average Bonchev–Trinajstić information content (AvgIpc) is 3.08. The third-order valence-corrected chi connectivity index (χ3v) is 7.04. The number of hydrogen-bond donors (Lipinski definition) is 2. The lowest BCUT2D eigenvalue weighted by Gasteiger charge is -2.10. The maximum atomic E-state index is 14.9. The predicted molar refractivity (Wildman–Crippen MR) is 118 cm³/mol. The molecule has 2 aromatic carbocycles. The van der Waals surface area contributed by atoms with Crippen LogP contribution in [0.3, 0.4) is 0 Å². The van der Waals surface area contributed by atoms with E-state index in [4.69, 9.17) is 4.74 Å². The van der Waals surface area contributed by atoms with E-state index >= 15 is 0 Å². The number of aliphatic carboxylic acids is 1. The number of carboxylic acid groups (broad SMARTS) is 1. The van der Waals surface area contributed by atoms with Crippen LogP contribution in [-0.2, 0) is 14.6 Å². The van der Waals surface area contributed by atoms with Crippen LogP contribution in [0, 0.1) is 5.82 Å². The summed E-state index contributed by atoms with van der Waals surface area (Å²) in [5, 5.41) is 12.6. The number of ether oxygens (including phenoxy) is 1. The van der Waals surface area contributed by atoms with Gasteiger partial charge in [-0.15, -0.1) is 0 Å². The Balaban J connectivity index is 1.76. The number of hydrogen-bond acceptors (Lipinski definition) is 7. The Morgan fingerprint density at radius 2 is 2.00 bits per heavy atom. The van der Waals surface area contributed by atoms with Gasteiger partial charge in [0.1, 0.15) is 22.3 Å². The second-order valence-electron chi connectivity index (χ2n) is 7.41. The van der Waals surface area contributed by atoms with Gasteiger partial charge >= 0.3 is 5.97 Å². The summed E-state index contributed by atoms with van der Waals surface area (Å²) < 4.78 is 46.8. The summed E-state index contributed by atoms with van der Waals surface area (Å²) in [5.41, 5.74) is 0.938. The van der Waals surface area contributed by atoms with E-state index in [1.807, 2.05) is 0 Å². The molecule has 0 bridgehead atoms. The fourth-order valence-corrected chi connectivity index (χ4v) is 5.21. The number of anilines is 2. The van der Waals surface area contributed by atoms with Crippen LogP contribution in [-0.4, -0.2) is 37.6 Å². The van der Waals surface area contributed by atoms with Crippen molar-refractivity contribution in [2.24, 2.45) is 4.99 Å². The monoisotopic (exact) mass is 469 g/mol. The number of benzene rings is 2. The number of carbonyl (C=O) groups is 1. The summed E-state index contributed by atoms with van der Waals surface area (Å²) in [4.78, 5) is 19.0. The highest BCUT2D eigenvalue weighted by Gasteiger charge is 2.29. The molecule has 1 unspecified atom stereocenters. The van der Waals surface area contributed by atoms with Crippen LogP contribution in [0.4, 0.5) is 15.9 Å². The molecule has 170 valence electrons. The molecule has 3 aromatic rings. The van der Waals surface area contributed by atoms with Crippen molar-refractivity contribution in [2.75, 3.05) is 12.4 Å². The summed E-state index contributed by atoms with van der Waals surface area (Å²) in [6.07, 6.45) is 0.689. The number of nitrogens with zero attached hydrogens (tertiary/aromatic N) is 2. The predicted octanol–water partition coefficient (Wildman–Crippen LogP) is 2.45. The molecule has 4 rings (SSSR count). The Hall–Kier alpha value is -3.79. The number of sulfone groups is 1. The first kappa shape index (κ1) is 22.4. The van der Waals surface area contributed by atoms with Crippen molar-refractivity contribution in [3.63, 3.8) is 0 Å². The van der Waals surface area contributed by atoms with Crippen LogP contribution in [0.25, 0.3) is 5.57 Å². The highest BCUT2D eigenvalue weighted by atomic mass is 32.2. The van der Waals surface area contributed by atoms with E-state index in [1.54, 1.807) is 38.3 Å². The molecule has 1 aliphatic rings. The number of nitrogens with one attached hydrogen (secondary N) is 1. The molecule has 0 spiro atoms. The molecule has 0 saturated carbocycles. The molecule has 10 heteroatoms. The van der Waals surface area contributed by atoms with Gasteiger partial charge in [-0.2, -0.15) is 0 Å². The smallest absolute Gasteiger partial charge is 0.307 e. The lowest BCUT2D eigenvalue weighted by Crippen LogP contribution is -2.32. The maximum Gasteiger partial charge on any atom is 0.307 e. The van der Waals surface area contributed by atoms with Crippen LogP contribution in [0.2, 0.25) is 0 Å². The Morgan fingerprint density at radius 1 is 1.21 bits per heavy atom. The number of fused-ring (bicyclic) bond motifs is 1. The summed E-state index contributed by atoms with van der Waals surface area (Å²) in [6, 6.07) is 11.7. The van der Waals surface area contributed by atoms with Gasteiger partial charge in [0.05, 0.1) is 29.8 Å². The van der Waals surface area contributed by atoms with Gasteiger partial charge in [-0.25, -0.2) is 17.8 Å². The highest BCUT2D eigenvalue weighted by Crippen LogP contribution is 2.25. The zero-order chi connectivity index (χ0) is 23.8. The molecule has 0 radical (unpaired) electrons. The number of carboxylic acids is 1. The first-order valence-electron chi connectivity index (χ1n) is 9.94. The highest BCUT2D eigenvalue weighted by molar-refractivity contribution is 7.91. The molecule has 0 aliphatic carbocycles. The van der Waals surface area contributed by atoms with E-state index in [1.165, 1.54) is 18.2 Å². The number of methoxy groups -OCH3 is 1. The summed E-state index contributed by atoms with van der Waals surface area (Å²) in [5.74, 6) is -1.11. The van der Waals surface area contributed by atoms with E-state index in [9.17, 15) is 22.7 Å². The minimum absolute atomic E-state index is 0.0171. The van der Waals surface area contributed by atoms with Crippen molar-refractivity contribution in [3.05, 3.63) is 71.1 Å². The minimum atomic E-state index is -4.35. The van der Waals surface area contributed by atoms with Crippen molar-refractivity contribution < 1.29 is 27.4 Å². The molecule has 1 atom stereocenters. The van der Waals surface area contributed by atoms with Gasteiger partial charge in [0.2, 0.25) is 9.84 Å². The minimum Gasteiger partial charge on any atom is -0.497 e. The van der Waals surface area contributed by atoms with Gasteiger partial charge in [-0.3, -0.25) is 9.79 Å². The second kappa shape index (κ2) is 8.62. The molecule has 0 amide bonds. The number of rotatable bonds is 7. The number of aromatic nitrogens is 1. The van der Waals surface area contributed by atoms with Crippen molar-refractivity contribution in [1.29, 1.82) is 0 Å². The van der Waals surface area contributed by atoms with Gasteiger partial charge < -0.3 is 15.2 Å². The molecule has 0 saturated heterocycles. The summed E-state index contributed by atoms with van der Waals surface area (Å²) in [7, 11) is -2.80. The molecular formula is C23H20FN3O5S. The SMILES string of the molecule is COc1cccc(Nc2ccc(S(=O)(=O)c3c(F)ccc4c3=C(CC(=O)O)C(C)N=4)cn2)c1. The standard InChI is InChI=1S/C23H20FN3O5S/c1-13-17(11-21(28)29)22-19(26-13)8-7-18(24)23(22)33(30,31)16-6-9-20(25-12-16)27-14-4-3-5-15(10-14)32-2/h3-10,12-13H,11H2,1-2H3,(H,25,27)(H,28,29). The van der Waals surface area contributed by atoms with Crippen LogP contribution >= 0.6 is 0 Å². The molecule has 8 nitrogen and oxygen atoms in total. The van der Waals surface area contributed by atoms with E-state index in [0.29, 0.717) is 17.3 Å². The summed E-state index contributed by atoms with van der Waals surface area (Å²) >= 11 is 0. The first-order chi connectivity index (χ1) is 15.7. The topological polar surface area (TPSA) is 118 Å². The van der Waals surface area contributed by atoms with E-state index in [2.05, 4.69) is 15.3 Å². The average molecular weight is 469 g/mol. The van der Waals surface area contributed by atoms with Crippen LogP contribution < -0.4 is 20.6 Å². The van der Waals surface area contributed by atoms with Gasteiger partial charge in [-0.1, -0.05) is 6.07 Å². The van der Waals surface area contributed by atoms with Gasteiger partial charge in [0.25, 0.3) is 0 Å². The van der Waals surface area contributed by atoms with Crippen LogP contribution in [0.1, 0.15) is 13.3 Å². The quantitative estimate of drug-likeness (QED) is 0.546. The normalized spacial score (nSPS) is 15.0. The van der Waals surface area contributed by atoms with Crippen molar-refractivity contribution in [1.82, 2.24) is 4.98 Å². The van der Waals surface area contributed by atoms with Crippen molar-refractivity contribution in [3.8, 4) is 5.75 Å². The molecule has 0 fully saturated rings. The number of halogens is 1. The molecule has 33 heavy (non-hydrogen) atoms. The fraction of sp³-hybridized carbons (Fsp3) is 0.174. The molecule has 2 heterocycles. The summed E-state index contributed by atoms with van der Waals surface area (Å²) in [6.45, 7) is 1.65. The van der Waals surface area contributed by atoms with Crippen LogP contribution in [0.5, 0.6) is 5.75 Å². The van der Waals surface area contributed by atoms with Gasteiger partial charge in [0, 0.05) is 23.2 Å². The zero-order valence-electron chi connectivity index (χ0n) is 17.7. The second-order valence-corrected chi connectivity index (χ2v) is 9.30. The zero-order valence-corrected chi connectivity index (χ0v) is 18.6. The molecule has 2 N–H and O–H groups in total. The van der Waals surface area contributed by atoms with E-state index in [-0.39, 0.29) is 21.0 Å². The number of pyridine rings is 1. The van der Waals surface area contributed by atoms with Gasteiger partial charge in [-0.05, 0) is 48.9 Å². The first-order valence-corrected chi connectivity index (χ1v) is 11.4. The Kier molecular flexibility index (Phi) is 5.86. The Labute approximate surface area is 189 Å². The van der Waals surface area contributed by atoms with E-state index < -0.39 is 39.0 Å². The lowest BCUT2D eigenvalue weighted by atomic mass is 10.0. The van der Waals surface area contributed by atoms with Gasteiger partial charge in [0.15, 0.2) is 0 Å². The molecule has 1 aliphatic heterocycles. The van der Waals surface area contributed by atoms with Crippen molar-refractivity contribution >= 4 is 32.9 Å².